The third-order valence-electron chi connectivity index (χ3n) is 6.14. The van der Waals surface area contributed by atoms with Gasteiger partial charge in [0.15, 0.2) is 5.65 Å². The lowest BCUT2D eigenvalue weighted by atomic mass is 10.0. The Hall–Kier alpha value is -3.20. The van der Waals surface area contributed by atoms with Crippen molar-refractivity contribution in [2.45, 2.75) is 64.1 Å². The third-order valence-corrected chi connectivity index (χ3v) is 6.14. The first-order valence-corrected chi connectivity index (χ1v) is 11.8. The average Bonchev–Trinajstić information content (AvgIpc) is 3.39. The zero-order chi connectivity index (χ0) is 23.7. The first-order valence-electron chi connectivity index (χ1n) is 11.8. The zero-order valence-electron chi connectivity index (χ0n) is 19.4. The van der Waals surface area contributed by atoms with Crippen LogP contribution in [0, 0.1) is 11.6 Å². The molecule has 1 atom stereocenters. The van der Waals surface area contributed by atoms with Gasteiger partial charge in [0.2, 0.25) is 0 Å². The molecule has 6 rings (SSSR count). The van der Waals surface area contributed by atoms with E-state index in [0.717, 1.165) is 19.1 Å². The predicted molar refractivity (Wildman–Crippen MR) is 124 cm³/mol. The smallest absolute Gasteiger partial charge is 0.184 e. The molecule has 1 saturated carbocycles. The highest BCUT2D eigenvalue weighted by atomic mass is 19.1. The summed E-state index contributed by atoms with van der Waals surface area (Å²) in [7, 11) is 0. The molecule has 7 nitrogen and oxygen atoms in total. The van der Waals surface area contributed by atoms with E-state index >= 15 is 0 Å². The number of rotatable bonds is 4. The number of benzene rings is 1. The van der Waals surface area contributed by atoms with E-state index in [1.165, 1.54) is 49.7 Å². The van der Waals surface area contributed by atoms with Crippen LogP contribution in [0.3, 0.4) is 0 Å². The molecule has 9 heteroatoms. The van der Waals surface area contributed by atoms with Crippen molar-refractivity contribution in [3.05, 3.63) is 60.3 Å². The van der Waals surface area contributed by atoms with Gasteiger partial charge in [0, 0.05) is 42.2 Å². The minimum atomic E-state index is -0.651. The molecule has 0 amide bonds. The van der Waals surface area contributed by atoms with Crippen LogP contribution < -0.4 is 0 Å². The van der Waals surface area contributed by atoms with Crippen molar-refractivity contribution < 1.29 is 13.5 Å². The van der Waals surface area contributed by atoms with Gasteiger partial charge in [-0.05, 0) is 58.1 Å². The van der Waals surface area contributed by atoms with E-state index in [1.54, 1.807) is 10.9 Å². The van der Waals surface area contributed by atoms with E-state index in [9.17, 15) is 8.78 Å². The maximum absolute atomic E-state index is 13.9. The van der Waals surface area contributed by atoms with E-state index in [1.807, 2.05) is 20.0 Å². The Labute approximate surface area is 196 Å². The Kier molecular flexibility index (Phi) is 6.36. The van der Waals surface area contributed by atoms with Gasteiger partial charge in [-0.25, -0.2) is 18.7 Å². The molecule has 3 aromatic heterocycles. The van der Waals surface area contributed by atoms with Crippen molar-refractivity contribution in [3.8, 4) is 11.3 Å². The third kappa shape index (κ3) is 4.84. The van der Waals surface area contributed by atoms with Gasteiger partial charge in [-0.2, -0.15) is 10.2 Å². The molecule has 0 bridgehead atoms. The average molecular weight is 467 g/mol. The lowest BCUT2D eigenvalue weighted by Gasteiger charge is -2.21. The number of ether oxygens (including phenoxy) is 1. The maximum atomic E-state index is 13.9. The Balaban J connectivity index is 0.000000150. The molecule has 34 heavy (non-hydrogen) atoms. The Morgan fingerprint density at radius 1 is 1.06 bits per heavy atom. The van der Waals surface area contributed by atoms with E-state index < -0.39 is 11.6 Å². The number of fused-ring (bicyclic) bond motifs is 1. The van der Waals surface area contributed by atoms with Gasteiger partial charge in [-0.3, -0.25) is 9.36 Å². The standard InChI is InChI=1S/C14H12F2N4.C11H16N2O/c1-8(2)20-6-11-13(17-7-18-14(11)19-20)10-4-3-9(15)5-12(10)16;1-2-6-14-11(3-1)9-7-12-13(8-9)10-4-5-10/h3-8H,1-2H3;7-8,10-11H,1-6H2/t;11-/m.1/s1. The van der Waals surface area contributed by atoms with Crippen LogP contribution in [0.1, 0.15) is 69.7 Å². The summed E-state index contributed by atoms with van der Waals surface area (Å²) in [4.78, 5) is 8.19. The van der Waals surface area contributed by atoms with E-state index in [4.69, 9.17) is 4.74 Å². The van der Waals surface area contributed by atoms with Crippen LogP contribution in [0.5, 0.6) is 0 Å². The van der Waals surface area contributed by atoms with Crippen LogP contribution in [0.25, 0.3) is 22.3 Å². The van der Waals surface area contributed by atoms with Crippen LogP contribution in [-0.4, -0.2) is 36.1 Å². The second-order valence-electron chi connectivity index (χ2n) is 9.13. The SMILES string of the molecule is CC(C)n1cc2c(-c3ccc(F)cc3F)ncnc2n1.c1nn(C2CC2)cc1[C@H]1CCCCO1. The molecule has 4 aromatic rings. The van der Waals surface area contributed by atoms with Crippen molar-refractivity contribution in [3.63, 3.8) is 0 Å². The lowest BCUT2D eigenvalue weighted by molar-refractivity contribution is 0.0149. The molecular formula is C25H28F2N6O. The highest BCUT2D eigenvalue weighted by Gasteiger charge is 2.26. The highest BCUT2D eigenvalue weighted by molar-refractivity contribution is 5.89. The van der Waals surface area contributed by atoms with Crippen molar-refractivity contribution in [2.24, 2.45) is 0 Å². The number of hydrogen-bond acceptors (Lipinski definition) is 5. The number of aromatic nitrogens is 6. The molecule has 1 aliphatic carbocycles. The Morgan fingerprint density at radius 2 is 1.91 bits per heavy atom. The first-order chi connectivity index (χ1) is 16.5. The summed E-state index contributed by atoms with van der Waals surface area (Å²) in [5.41, 5.74) is 2.42. The van der Waals surface area contributed by atoms with Gasteiger partial charge in [-0.15, -0.1) is 0 Å². The summed E-state index contributed by atoms with van der Waals surface area (Å²) < 4.78 is 36.5. The molecule has 2 fully saturated rings. The molecule has 178 valence electrons. The van der Waals surface area contributed by atoms with Crippen molar-refractivity contribution in [1.29, 1.82) is 0 Å². The molecule has 0 radical (unpaired) electrons. The number of nitrogens with zero attached hydrogens (tertiary/aromatic N) is 6. The zero-order valence-corrected chi connectivity index (χ0v) is 19.4. The second kappa shape index (κ2) is 9.58. The van der Waals surface area contributed by atoms with Gasteiger partial charge < -0.3 is 4.74 Å². The van der Waals surface area contributed by atoms with Gasteiger partial charge in [0.25, 0.3) is 0 Å². The van der Waals surface area contributed by atoms with Crippen LogP contribution in [0.4, 0.5) is 8.78 Å². The van der Waals surface area contributed by atoms with E-state index in [-0.39, 0.29) is 11.6 Å². The van der Waals surface area contributed by atoms with Crippen LogP contribution >= 0.6 is 0 Å². The second-order valence-corrected chi connectivity index (χ2v) is 9.13. The molecule has 2 aliphatic rings. The number of halogens is 2. The minimum Gasteiger partial charge on any atom is -0.373 e. The molecule has 1 aliphatic heterocycles. The van der Waals surface area contributed by atoms with E-state index in [2.05, 4.69) is 31.0 Å². The first kappa shape index (κ1) is 22.6. The fourth-order valence-corrected chi connectivity index (χ4v) is 4.08. The summed E-state index contributed by atoms with van der Waals surface area (Å²) in [5, 5.41) is 9.35. The summed E-state index contributed by atoms with van der Waals surface area (Å²) >= 11 is 0. The molecule has 0 spiro atoms. The lowest BCUT2D eigenvalue weighted by Crippen LogP contribution is -2.10. The van der Waals surface area contributed by atoms with E-state index in [0.29, 0.717) is 28.9 Å². The van der Waals surface area contributed by atoms with Crippen LogP contribution in [0.2, 0.25) is 0 Å². The summed E-state index contributed by atoms with van der Waals surface area (Å²) in [5.74, 6) is -1.27. The van der Waals surface area contributed by atoms with Crippen molar-refractivity contribution in [1.82, 2.24) is 29.5 Å². The van der Waals surface area contributed by atoms with Gasteiger partial charge >= 0.3 is 0 Å². The molecule has 0 N–H and O–H groups in total. The van der Waals surface area contributed by atoms with Crippen molar-refractivity contribution in [2.75, 3.05) is 6.61 Å². The largest absolute Gasteiger partial charge is 0.373 e. The quantitative estimate of drug-likeness (QED) is 0.379. The normalized spacial score (nSPS) is 18.2. The van der Waals surface area contributed by atoms with Crippen LogP contribution in [-0.2, 0) is 4.74 Å². The Bertz CT molecular complexity index is 1270. The molecule has 1 saturated heterocycles. The Morgan fingerprint density at radius 3 is 2.62 bits per heavy atom. The van der Waals surface area contributed by atoms with Gasteiger partial charge in [0.05, 0.1) is 29.4 Å². The minimum absolute atomic E-state index is 0.162. The number of hydrogen-bond donors (Lipinski definition) is 0. The topological polar surface area (TPSA) is 70.7 Å². The van der Waals surface area contributed by atoms with Gasteiger partial charge in [-0.1, -0.05) is 0 Å². The molecule has 4 heterocycles. The fourth-order valence-electron chi connectivity index (χ4n) is 4.08. The van der Waals surface area contributed by atoms with Gasteiger partial charge in [0.1, 0.15) is 18.0 Å². The summed E-state index contributed by atoms with van der Waals surface area (Å²) in [6.07, 6.45) is 13.8. The summed E-state index contributed by atoms with van der Waals surface area (Å²) in [6, 6.07) is 4.27. The maximum Gasteiger partial charge on any atom is 0.184 e. The fraction of sp³-hybridized carbons (Fsp3) is 0.440. The molecule has 1 aromatic carbocycles. The summed E-state index contributed by atoms with van der Waals surface area (Å²) in [6.45, 7) is 4.88. The predicted octanol–water partition coefficient (Wildman–Crippen LogP) is 5.81. The highest BCUT2D eigenvalue weighted by Crippen LogP contribution is 2.36. The van der Waals surface area contributed by atoms with Crippen LogP contribution in [0.15, 0.2) is 43.1 Å². The monoisotopic (exact) mass is 466 g/mol. The molecular weight excluding hydrogens is 438 g/mol. The van der Waals surface area contributed by atoms with Crippen molar-refractivity contribution >= 4 is 11.0 Å². The molecule has 0 unspecified atom stereocenters.